The van der Waals surface area contributed by atoms with E-state index in [1.54, 1.807) is 19.6 Å². The standard InChI is InChI=1S/C28H27N7O3/c1-16-21(30-13-12-23(16)37-4)14-38-19-10-8-18(9-11-19)33-28-26(27(29)36)34-24(17(2)32-28)20-6-5-7-22-25(20)31-15-35(22)3/h5-13,15H,14H2,1-4H3,(H2,29,36)(H,32,33). The molecule has 3 N–H and O–H groups in total. The molecule has 0 unspecified atom stereocenters. The Kier molecular flexibility index (Phi) is 6.61. The molecular weight excluding hydrogens is 482 g/mol. The summed E-state index contributed by atoms with van der Waals surface area (Å²) in [7, 11) is 3.55. The van der Waals surface area contributed by atoms with E-state index >= 15 is 0 Å². The molecular formula is C28H27N7O3. The highest BCUT2D eigenvalue weighted by Crippen LogP contribution is 2.30. The summed E-state index contributed by atoms with van der Waals surface area (Å²) < 4.78 is 13.2. The van der Waals surface area contributed by atoms with Gasteiger partial charge in [-0.25, -0.2) is 15.0 Å². The number of anilines is 2. The summed E-state index contributed by atoms with van der Waals surface area (Å²) in [4.78, 5) is 30.5. The van der Waals surface area contributed by atoms with Crippen LogP contribution in [0.5, 0.6) is 11.5 Å². The topological polar surface area (TPSA) is 130 Å². The minimum atomic E-state index is -0.685. The van der Waals surface area contributed by atoms with Crippen molar-refractivity contribution in [2.45, 2.75) is 20.5 Å². The molecule has 10 nitrogen and oxygen atoms in total. The summed E-state index contributed by atoms with van der Waals surface area (Å²) in [5.41, 5.74) is 11.9. The molecule has 10 heteroatoms. The van der Waals surface area contributed by atoms with Gasteiger partial charge in [0.2, 0.25) is 0 Å². The van der Waals surface area contributed by atoms with Crippen molar-refractivity contribution in [2.24, 2.45) is 12.8 Å². The van der Waals surface area contributed by atoms with Crippen LogP contribution >= 0.6 is 0 Å². The van der Waals surface area contributed by atoms with Crippen LogP contribution in [0.1, 0.15) is 27.4 Å². The van der Waals surface area contributed by atoms with Crippen molar-refractivity contribution in [2.75, 3.05) is 12.4 Å². The molecule has 38 heavy (non-hydrogen) atoms. The quantitative estimate of drug-likeness (QED) is 0.313. The van der Waals surface area contributed by atoms with Crippen molar-refractivity contribution in [3.8, 4) is 22.8 Å². The molecule has 0 spiro atoms. The molecule has 5 aromatic rings. The van der Waals surface area contributed by atoms with Crippen LogP contribution in [-0.2, 0) is 13.7 Å². The summed E-state index contributed by atoms with van der Waals surface area (Å²) in [6, 6.07) is 14.9. The fourth-order valence-electron chi connectivity index (χ4n) is 4.23. The number of ether oxygens (including phenoxy) is 2. The first-order valence-corrected chi connectivity index (χ1v) is 11.9. The van der Waals surface area contributed by atoms with E-state index in [1.165, 1.54) is 0 Å². The van der Waals surface area contributed by atoms with E-state index in [2.05, 4.69) is 25.3 Å². The molecule has 3 heterocycles. The number of nitrogens with one attached hydrogen (secondary N) is 1. The van der Waals surface area contributed by atoms with Gasteiger partial charge in [-0.3, -0.25) is 9.78 Å². The molecule has 3 aromatic heterocycles. The van der Waals surface area contributed by atoms with Crippen molar-refractivity contribution < 1.29 is 14.3 Å². The zero-order chi connectivity index (χ0) is 26.8. The number of aromatic nitrogens is 5. The van der Waals surface area contributed by atoms with Crippen LogP contribution in [0, 0.1) is 13.8 Å². The summed E-state index contributed by atoms with van der Waals surface area (Å²) in [6.45, 7) is 4.08. The van der Waals surface area contributed by atoms with Crippen molar-refractivity contribution >= 4 is 28.4 Å². The maximum atomic E-state index is 12.3. The van der Waals surface area contributed by atoms with Gasteiger partial charge in [0.1, 0.15) is 18.1 Å². The fraction of sp³-hybridized carbons (Fsp3) is 0.179. The van der Waals surface area contributed by atoms with Crippen LogP contribution in [-0.4, -0.2) is 37.5 Å². The van der Waals surface area contributed by atoms with E-state index in [-0.39, 0.29) is 11.5 Å². The summed E-state index contributed by atoms with van der Waals surface area (Å²) in [6.07, 6.45) is 3.43. The number of rotatable bonds is 8. The van der Waals surface area contributed by atoms with Crippen LogP contribution in [0.2, 0.25) is 0 Å². The molecule has 0 atom stereocenters. The van der Waals surface area contributed by atoms with E-state index in [0.717, 1.165) is 33.6 Å². The molecule has 0 bridgehead atoms. The summed E-state index contributed by atoms with van der Waals surface area (Å²) in [5.74, 6) is 1.02. The lowest BCUT2D eigenvalue weighted by Crippen LogP contribution is -2.18. The lowest BCUT2D eigenvalue weighted by atomic mass is 10.1. The number of benzene rings is 2. The number of nitrogens with zero attached hydrogens (tertiary/aromatic N) is 5. The Hall–Kier alpha value is -4.99. The minimum absolute atomic E-state index is 0.0402. The van der Waals surface area contributed by atoms with Crippen LogP contribution in [0.3, 0.4) is 0 Å². The number of fused-ring (bicyclic) bond motifs is 1. The maximum Gasteiger partial charge on any atom is 0.271 e. The molecule has 0 saturated heterocycles. The van der Waals surface area contributed by atoms with Gasteiger partial charge in [0, 0.05) is 30.1 Å². The average molecular weight is 510 g/mol. The second kappa shape index (κ2) is 10.2. The van der Waals surface area contributed by atoms with Gasteiger partial charge in [-0.1, -0.05) is 12.1 Å². The Balaban J connectivity index is 1.38. The molecule has 0 aliphatic rings. The Morgan fingerprint density at radius 1 is 1.05 bits per heavy atom. The van der Waals surface area contributed by atoms with Crippen molar-refractivity contribution in [1.29, 1.82) is 0 Å². The highest BCUT2D eigenvalue weighted by Gasteiger charge is 2.19. The van der Waals surface area contributed by atoms with E-state index in [4.69, 9.17) is 15.2 Å². The van der Waals surface area contributed by atoms with E-state index < -0.39 is 5.91 Å². The van der Waals surface area contributed by atoms with Gasteiger partial charge in [-0.05, 0) is 50.2 Å². The first-order valence-electron chi connectivity index (χ1n) is 11.9. The number of pyridine rings is 1. The van der Waals surface area contributed by atoms with Crippen molar-refractivity contribution in [3.05, 3.63) is 83.7 Å². The monoisotopic (exact) mass is 509 g/mol. The predicted octanol–water partition coefficient (Wildman–Crippen LogP) is 4.47. The molecule has 0 radical (unpaired) electrons. The van der Waals surface area contributed by atoms with Gasteiger partial charge in [0.25, 0.3) is 5.91 Å². The maximum absolute atomic E-state index is 12.3. The van der Waals surface area contributed by atoms with E-state index in [9.17, 15) is 4.79 Å². The van der Waals surface area contributed by atoms with E-state index in [0.29, 0.717) is 29.4 Å². The van der Waals surface area contributed by atoms with Gasteiger partial charge >= 0.3 is 0 Å². The number of carbonyl (C=O) groups is 1. The fourth-order valence-corrected chi connectivity index (χ4v) is 4.23. The van der Waals surface area contributed by atoms with Gasteiger partial charge in [-0.2, -0.15) is 0 Å². The highest BCUT2D eigenvalue weighted by atomic mass is 16.5. The van der Waals surface area contributed by atoms with Gasteiger partial charge in [-0.15, -0.1) is 0 Å². The van der Waals surface area contributed by atoms with Gasteiger partial charge in [0.05, 0.1) is 41.6 Å². The second-order valence-corrected chi connectivity index (χ2v) is 8.77. The number of hydrogen-bond donors (Lipinski definition) is 2. The number of nitrogens with two attached hydrogens (primary N) is 1. The molecule has 192 valence electrons. The predicted molar refractivity (Wildman–Crippen MR) is 145 cm³/mol. The highest BCUT2D eigenvalue weighted by molar-refractivity contribution is 5.98. The van der Waals surface area contributed by atoms with E-state index in [1.807, 2.05) is 74.0 Å². The average Bonchev–Trinajstić information content (AvgIpc) is 3.30. The molecule has 0 saturated carbocycles. The normalized spacial score (nSPS) is 10.9. The number of imidazole rings is 1. The largest absolute Gasteiger partial charge is 0.496 e. The molecule has 0 fully saturated rings. The van der Waals surface area contributed by atoms with Gasteiger partial charge < -0.3 is 25.1 Å². The second-order valence-electron chi connectivity index (χ2n) is 8.77. The Bertz CT molecular complexity index is 1650. The smallest absolute Gasteiger partial charge is 0.271 e. The molecule has 1 amide bonds. The Morgan fingerprint density at radius 2 is 1.84 bits per heavy atom. The lowest BCUT2D eigenvalue weighted by molar-refractivity contribution is 0.0996. The molecule has 0 aliphatic heterocycles. The summed E-state index contributed by atoms with van der Waals surface area (Å²) in [5, 5.41) is 3.16. The summed E-state index contributed by atoms with van der Waals surface area (Å²) >= 11 is 0. The van der Waals surface area contributed by atoms with Crippen molar-refractivity contribution in [1.82, 2.24) is 24.5 Å². The number of amides is 1. The number of hydrogen-bond acceptors (Lipinski definition) is 8. The number of methoxy groups -OCH3 is 1. The number of para-hydroxylation sites is 1. The SMILES string of the molecule is COc1ccnc(COc2ccc(Nc3nc(C)c(-c4cccc5c4ncn5C)nc3C(N)=O)cc2)c1C. The Labute approximate surface area is 219 Å². The number of carbonyl (C=O) groups excluding carboxylic acids is 1. The zero-order valence-corrected chi connectivity index (χ0v) is 21.5. The number of primary amides is 1. The number of aryl methyl sites for hydroxylation is 2. The lowest BCUT2D eigenvalue weighted by Gasteiger charge is -2.14. The van der Waals surface area contributed by atoms with Crippen molar-refractivity contribution in [3.63, 3.8) is 0 Å². The molecule has 0 aliphatic carbocycles. The van der Waals surface area contributed by atoms with Crippen LogP contribution < -0.4 is 20.5 Å². The Morgan fingerprint density at radius 3 is 2.58 bits per heavy atom. The third kappa shape index (κ3) is 4.71. The third-order valence-corrected chi connectivity index (χ3v) is 6.28. The molecule has 5 rings (SSSR count). The van der Waals surface area contributed by atoms with Crippen LogP contribution in [0.4, 0.5) is 11.5 Å². The first kappa shape index (κ1) is 24.7. The van der Waals surface area contributed by atoms with Gasteiger partial charge in [0.15, 0.2) is 11.5 Å². The minimum Gasteiger partial charge on any atom is -0.496 e. The van der Waals surface area contributed by atoms with Crippen LogP contribution in [0.15, 0.2) is 61.1 Å². The van der Waals surface area contributed by atoms with Crippen LogP contribution in [0.25, 0.3) is 22.3 Å². The zero-order valence-electron chi connectivity index (χ0n) is 21.5. The first-order chi connectivity index (χ1) is 18.4. The third-order valence-electron chi connectivity index (χ3n) is 6.28. The molecule has 2 aromatic carbocycles.